The summed E-state index contributed by atoms with van der Waals surface area (Å²) in [6, 6.07) is 4.04. The topological polar surface area (TPSA) is 28.6 Å². The van der Waals surface area contributed by atoms with Gasteiger partial charge in [0.2, 0.25) is 0 Å². The van der Waals surface area contributed by atoms with Gasteiger partial charge in [-0.15, -0.1) is 0 Å². The van der Waals surface area contributed by atoms with E-state index in [0.29, 0.717) is 12.1 Å². The zero-order valence-electron chi connectivity index (χ0n) is 14.5. The summed E-state index contributed by atoms with van der Waals surface area (Å²) in [5.41, 5.74) is -0.394. The molecule has 2 heterocycles. The van der Waals surface area contributed by atoms with Crippen molar-refractivity contribution in [1.82, 2.24) is 14.8 Å². The van der Waals surface area contributed by atoms with Crippen LogP contribution in [0.1, 0.15) is 24.2 Å². The van der Waals surface area contributed by atoms with Crippen molar-refractivity contribution in [3.05, 3.63) is 29.6 Å². The van der Waals surface area contributed by atoms with Gasteiger partial charge in [-0.3, -0.25) is 0 Å². The van der Waals surface area contributed by atoms with E-state index in [9.17, 15) is 13.2 Å². The van der Waals surface area contributed by atoms with Gasteiger partial charge in [-0.1, -0.05) is 6.07 Å². The van der Waals surface area contributed by atoms with E-state index in [1.54, 1.807) is 6.07 Å². The monoisotopic (exact) mass is 345 g/mol. The molecule has 0 unspecified atom stereocenters. The molecule has 0 bridgehead atoms. The molecule has 0 amide bonds. The van der Waals surface area contributed by atoms with Gasteiger partial charge in [-0.25, -0.2) is 4.98 Å². The highest BCUT2D eigenvalue weighted by Gasteiger charge is 2.33. The van der Waals surface area contributed by atoms with Crippen molar-refractivity contribution in [1.29, 1.82) is 0 Å². The summed E-state index contributed by atoms with van der Waals surface area (Å²) < 4.78 is 44.1. The molecule has 2 atom stereocenters. The van der Waals surface area contributed by atoms with Crippen molar-refractivity contribution < 1.29 is 17.9 Å². The summed E-state index contributed by atoms with van der Waals surface area (Å²) in [6.07, 6.45) is -2.06. The number of rotatable bonds is 7. The number of ether oxygens (including phenoxy) is 1. The Morgan fingerprint density at radius 2 is 1.83 bits per heavy atom. The van der Waals surface area contributed by atoms with Crippen LogP contribution in [0.3, 0.4) is 0 Å². The van der Waals surface area contributed by atoms with Crippen LogP contribution < -0.4 is 0 Å². The van der Waals surface area contributed by atoms with E-state index >= 15 is 0 Å². The van der Waals surface area contributed by atoms with E-state index < -0.39 is 11.9 Å². The Bertz CT molecular complexity index is 522. The molecule has 7 heteroatoms. The van der Waals surface area contributed by atoms with Crippen LogP contribution in [-0.2, 0) is 17.3 Å². The van der Waals surface area contributed by atoms with Crippen LogP contribution in [0, 0.1) is 0 Å². The van der Waals surface area contributed by atoms with Crippen molar-refractivity contribution in [2.75, 3.05) is 40.8 Å². The van der Waals surface area contributed by atoms with Gasteiger partial charge in [-0.2, -0.15) is 13.2 Å². The molecular formula is C17H26F3N3O. The number of aromatic nitrogens is 1. The molecule has 0 radical (unpaired) electrons. The molecule has 4 nitrogen and oxygen atoms in total. The molecule has 0 aliphatic carbocycles. The number of alkyl halides is 3. The van der Waals surface area contributed by atoms with Crippen molar-refractivity contribution in [2.24, 2.45) is 0 Å². The summed E-state index contributed by atoms with van der Waals surface area (Å²) in [7, 11) is 6.14. The lowest BCUT2D eigenvalue weighted by Gasteiger charge is -2.23. The van der Waals surface area contributed by atoms with Crippen LogP contribution in [0.25, 0.3) is 0 Å². The third kappa shape index (κ3) is 6.03. The number of halogens is 3. The van der Waals surface area contributed by atoms with E-state index in [1.807, 2.05) is 14.1 Å². The van der Waals surface area contributed by atoms with Gasteiger partial charge in [0.05, 0.1) is 12.2 Å². The highest BCUT2D eigenvalue weighted by Crippen LogP contribution is 2.28. The predicted molar refractivity (Wildman–Crippen MR) is 86.9 cm³/mol. The first-order valence-corrected chi connectivity index (χ1v) is 8.26. The Morgan fingerprint density at radius 3 is 2.50 bits per heavy atom. The molecule has 1 aliphatic rings. The predicted octanol–water partition coefficient (Wildman–Crippen LogP) is 2.68. The lowest BCUT2D eigenvalue weighted by atomic mass is 10.1. The zero-order valence-corrected chi connectivity index (χ0v) is 14.5. The summed E-state index contributed by atoms with van der Waals surface area (Å²) in [4.78, 5) is 8.09. The standard InChI is InChI=1S/C17H26F3N3O/c1-22(2)9-10-23(3)12-15-8-7-14(24-15)11-13-5-4-6-16(21-13)17(18,19)20/h4-6,14-15H,7-12H2,1-3H3/t14-,15+/m0/s1. The van der Waals surface area contributed by atoms with Gasteiger partial charge in [0, 0.05) is 31.7 Å². The first kappa shape index (κ1) is 19.1. The third-order valence-electron chi connectivity index (χ3n) is 4.17. The maximum atomic E-state index is 12.7. The fourth-order valence-electron chi connectivity index (χ4n) is 2.86. The molecule has 1 saturated heterocycles. The fourth-order valence-corrected chi connectivity index (χ4v) is 2.86. The summed E-state index contributed by atoms with van der Waals surface area (Å²) in [5.74, 6) is 0. The molecule has 136 valence electrons. The zero-order chi connectivity index (χ0) is 17.7. The maximum Gasteiger partial charge on any atom is 0.433 e. The maximum absolute atomic E-state index is 12.7. The molecule has 0 N–H and O–H groups in total. The molecule has 1 fully saturated rings. The smallest absolute Gasteiger partial charge is 0.373 e. The van der Waals surface area contributed by atoms with Gasteiger partial charge in [0.1, 0.15) is 5.69 Å². The van der Waals surface area contributed by atoms with Crippen LogP contribution in [-0.4, -0.2) is 67.8 Å². The van der Waals surface area contributed by atoms with Crippen LogP contribution in [0.15, 0.2) is 18.2 Å². The van der Waals surface area contributed by atoms with Crippen LogP contribution in [0.5, 0.6) is 0 Å². The second-order valence-corrected chi connectivity index (χ2v) is 6.74. The lowest BCUT2D eigenvalue weighted by molar-refractivity contribution is -0.141. The minimum absolute atomic E-state index is 0.0479. The van der Waals surface area contributed by atoms with Gasteiger partial charge in [0.15, 0.2) is 0 Å². The molecule has 0 saturated carbocycles. The Kier molecular flexibility index (Phi) is 6.60. The fraction of sp³-hybridized carbons (Fsp3) is 0.706. The van der Waals surface area contributed by atoms with Crippen molar-refractivity contribution >= 4 is 0 Å². The van der Waals surface area contributed by atoms with Crippen LogP contribution >= 0.6 is 0 Å². The number of hydrogen-bond acceptors (Lipinski definition) is 4. The third-order valence-corrected chi connectivity index (χ3v) is 4.17. The minimum atomic E-state index is -4.40. The van der Waals surface area contributed by atoms with Gasteiger partial charge < -0.3 is 14.5 Å². The molecule has 24 heavy (non-hydrogen) atoms. The molecule has 1 aromatic heterocycles. The Balaban J connectivity index is 1.82. The average Bonchev–Trinajstić information content (AvgIpc) is 2.91. The first-order chi connectivity index (χ1) is 11.2. The molecule has 1 aliphatic heterocycles. The van der Waals surface area contributed by atoms with E-state index in [1.165, 1.54) is 6.07 Å². The van der Waals surface area contributed by atoms with E-state index in [2.05, 4.69) is 21.8 Å². The van der Waals surface area contributed by atoms with Crippen LogP contribution in [0.2, 0.25) is 0 Å². The molecule has 0 spiro atoms. The highest BCUT2D eigenvalue weighted by atomic mass is 19.4. The molecular weight excluding hydrogens is 319 g/mol. The number of likely N-dealkylation sites (N-methyl/N-ethyl adjacent to an activating group) is 2. The van der Waals surface area contributed by atoms with Gasteiger partial charge in [0.25, 0.3) is 0 Å². The highest BCUT2D eigenvalue weighted by molar-refractivity contribution is 5.14. The number of nitrogens with zero attached hydrogens (tertiary/aromatic N) is 3. The summed E-state index contributed by atoms with van der Waals surface area (Å²) >= 11 is 0. The van der Waals surface area contributed by atoms with Crippen molar-refractivity contribution in [3.8, 4) is 0 Å². The Labute approximate surface area is 141 Å². The molecule has 0 aromatic carbocycles. The SMILES string of the molecule is CN(C)CCN(C)C[C@H]1CC[C@@H](Cc2cccc(C(F)(F)F)n2)O1. The molecule has 2 rings (SSSR count). The second-order valence-electron chi connectivity index (χ2n) is 6.74. The molecule has 1 aromatic rings. The largest absolute Gasteiger partial charge is 0.433 e. The Morgan fingerprint density at radius 1 is 1.12 bits per heavy atom. The number of pyridine rings is 1. The lowest BCUT2D eigenvalue weighted by Crippen LogP contribution is -2.34. The van der Waals surface area contributed by atoms with Crippen molar-refractivity contribution in [3.63, 3.8) is 0 Å². The van der Waals surface area contributed by atoms with Gasteiger partial charge >= 0.3 is 6.18 Å². The number of hydrogen-bond donors (Lipinski definition) is 0. The normalized spacial score (nSPS) is 21.8. The van der Waals surface area contributed by atoms with Crippen LogP contribution in [0.4, 0.5) is 13.2 Å². The average molecular weight is 345 g/mol. The Hall–Kier alpha value is -1.18. The van der Waals surface area contributed by atoms with E-state index in [0.717, 1.165) is 38.5 Å². The minimum Gasteiger partial charge on any atom is -0.373 e. The van der Waals surface area contributed by atoms with E-state index in [-0.39, 0.29) is 12.2 Å². The summed E-state index contributed by atoms with van der Waals surface area (Å²) in [5, 5.41) is 0. The summed E-state index contributed by atoms with van der Waals surface area (Å²) in [6.45, 7) is 2.80. The first-order valence-electron chi connectivity index (χ1n) is 8.26. The quantitative estimate of drug-likeness (QED) is 0.760. The second kappa shape index (κ2) is 8.27. The van der Waals surface area contributed by atoms with Gasteiger partial charge in [-0.05, 0) is 46.1 Å². The van der Waals surface area contributed by atoms with E-state index in [4.69, 9.17) is 4.74 Å². The van der Waals surface area contributed by atoms with Crippen molar-refractivity contribution in [2.45, 2.75) is 37.6 Å².